The lowest BCUT2D eigenvalue weighted by Gasteiger charge is -2.24. The van der Waals surface area contributed by atoms with Gasteiger partial charge in [0, 0.05) is 17.9 Å². The van der Waals surface area contributed by atoms with Crippen LogP contribution in [0.1, 0.15) is 33.1 Å². The van der Waals surface area contributed by atoms with Gasteiger partial charge < -0.3 is 0 Å². The van der Waals surface area contributed by atoms with Gasteiger partial charge in [-0.2, -0.15) is 0 Å². The highest BCUT2D eigenvalue weighted by Crippen LogP contribution is 2.28. The summed E-state index contributed by atoms with van der Waals surface area (Å²) in [4.78, 5) is 0. The highest BCUT2D eigenvalue weighted by atomic mass is 35.5. The van der Waals surface area contributed by atoms with Crippen LogP contribution < -0.4 is 0 Å². The molecular weight excluding hydrogens is 208 g/mol. The van der Waals surface area contributed by atoms with Gasteiger partial charge in [0.25, 0.3) is 0 Å². The van der Waals surface area contributed by atoms with E-state index in [2.05, 4.69) is 13.8 Å². The Hall–Kier alpha value is 0.240. The second-order valence-corrected chi connectivity index (χ2v) is 6.56. The summed E-state index contributed by atoms with van der Waals surface area (Å²) in [5, 5.41) is 0. The lowest BCUT2D eigenvalue weighted by atomic mass is 9.85. The zero-order valence-electron chi connectivity index (χ0n) is 8.64. The SMILES string of the molecule is CCC(C)(CCl)CCCS(C)(=O)=O. The maximum absolute atomic E-state index is 10.9. The van der Waals surface area contributed by atoms with E-state index in [0.29, 0.717) is 5.88 Å². The van der Waals surface area contributed by atoms with Gasteiger partial charge in [-0.15, -0.1) is 11.6 Å². The monoisotopic (exact) mass is 226 g/mol. The molecule has 0 aromatic heterocycles. The number of rotatable bonds is 6. The molecule has 80 valence electrons. The molecule has 0 aliphatic rings. The fourth-order valence-corrected chi connectivity index (χ4v) is 2.09. The Morgan fingerprint density at radius 1 is 1.38 bits per heavy atom. The van der Waals surface area contributed by atoms with Crippen molar-refractivity contribution in [1.29, 1.82) is 0 Å². The molecule has 0 aliphatic heterocycles. The molecular formula is C9H19ClO2S. The number of sulfone groups is 1. The highest BCUT2D eigenvalue weighted by molar-refractivity contribution is 7.90. The van der Waals surface area contributed by atoms with Crippen LogP contribution >= 0.6 is 11.6 Å². The lowest BCUT2D eigenvalue weighted by Crippen LogP contribution is -2.18. The van der Waals surface area contributed by atoms with Gasteiger partial charge >= 0.3 is 0 Å². The van der Waals surface area contributed by atoms with Crippen molar-refractivity contribution in [3.63, 3.8) is 0 Å². The molecule has 0 radical (unpaired) electrons. The normalized spacial score (nSPS) is 16.9. The first-order valence-electron chi connectivity index (χ1n) is 4.57. The average Bonchev–Trinajstić information content (AvgIpc) is 2.02. The molecule has 0 bridgehead atoms. The van der Waals surface area contributed by atoms with Crippen molar-refractivity contribution in [2.45, 2.75) is 33.1 Å². The lowest BCUT2D eigenvalue weighted by molar-refractivity contribution is 0.325. The standard InChI is InChI=1S/C9H19ClO2S/c1-4-9(2,8-10)6-5-7-13(3,11)12/h4-8H2,1-3H3. The Morgan fingerprint density at radius 2 is 1.92 bits per heavy atom. The van der Waals surface area contributed by atoms with Gasteiger partial charge in [0.05, 0.1) is 0 Å². The summed E-state index contributed by atoms with van der Waals surface area (Å²) in [6, 6.07) is 0. The van der Waals surface area contributed by atoms with Crippen LogP contribution in [0.25, 0.3) is 0 Å². The summed E-state index contributed by atoms with van der Waals surface area (Å²) >= 11 is 5.81. The molecule has 0 aromatic rings. The van der Waals surface area contributed by atoms with E-state index in [1.807, 2.05) is 0 Å². The predicted molar refractivity (Wildman–Crippen MR) is 58.1 cm³/mol. The molecule has 0 aromatic carbocycles. The third-order valence-corrected chi connectivity index (χ3v) is 4.15. The Bertz CT molecular complexity index is 230. The Labute approximate surface area is 86.6 Å². The van der Waals surface area contributed by atoms with E-state index in [0.717, 1.165) is 19.3 Å². The Morgan fingerprint density at radius 3 is 2.23 bits per heavy atom. The Kier molecular flexibility index (Phi) is 5.30. The molecule has 2 nitrogen and oxygen atoms in total. The molecule has 1 unspecified atom stereocenters. The van der Waals surface area contributed by atoms with Crippen LogP contribution in [0.4, 0.5) is 0 Å². The third-order valence-electron chi connectivity index (χ3n) is 2.47. The molecule has 0 N–H and O–H groups in total. The minimum atomic E-state index is -2.81. The minimum Gasteiger partial charge on any atom is -0.229 e. The number of alkyl halides is 1. The van der Waals surface area contributed by atoms with Crippen molar-refractivity contribution >= 4 is 21.4 Å². The summed E-state index contributed by atoms with van der Waals surface area (Å²) in [6.07, 6.45) is 3.88. The van der Waals surface area contributed by atoms with E-state index >= 15 is 0 Å². The van der Waals surface area contributed by atoms with Gasteiger partial charge in [-0.1, -0.05) is 13.8 Å². The molecule has 0 aliphatic carbocycles. The average molecular weight is 227 g/mol. The molecule has 13 heavy (non-hydrogen) atoms. The van der Waals surface area contributed by atoms with Gasteiger partial charge in [-0.05, 0) is 24.7 Å². The highest BCUT2D eigenvalue weighted by Gasteiger charge is 2.20. The first kappa shape index (κ1) is 13.2. The molecule has 0 fully saturated rings. The van der Waals surface area contributed by atoms with Gasteiger partial charge in [0.1, 0.15) is 9.84 Å². The van der Waals surface area contributed by atoms with Gasteiger partial charge in [-0.25, -0.2) is 8.42 Å². The maximum Gasteiger partial charge on any atom is 0.147 e. The van der Waals surface area contributed by atoms with Crippen LogP contribution in [0, 0.1) is 5.41 Å². The zero-order chi connectivity index (χ0) is 10.5. The molecule has 0 amide bonds. The van der Waals surface area contributed by atoms with Crippen LogP contribution in [0.2, 0.25) is 0 Å². The quantitative estimate of drug-likeness (QED) is 0.652. The molecule has 1 atom stereocenters. The third kappa shape index (κ3) is 6.33. The second-order valence-electron chi connectivity index (χ2n) is 4.03. The van der Waals surface area contributed by atoms with Crippen molar-refractivity contribution in [3.8, 4) is 0 Å². The number of halogens is 1. The van der Waals surface area contributed by atoms with Crippen LogP contribution in [0.3, 0.4) is 0 Å². The van der Waals surface area contributed by atoms with Crippen molar-refractivity contribution in [3.05, 3.63) is 0 Å². The summed E-state index contributed by atoms with van der Waals surface area (Å²) in [5.41, 5.74) is 0.103. The Balaban J connectivity index is 3.88. The first-order valence-corrected chi connectivity index (χ1v) is 7.16. The second kappa shape index (κ2) is 5.20. The van der Waals surface area contributed by atoms with Crippen LogP contribution in [0.5, 0.6) is 0 Å². The fourth-order valence-electron chi connectivity index (χ4n) is 1.10. The van der Waals surface area contributed by atoms with E-state index in [1.165, 1.54) is 6.26 Å². The van der Waals surface area contributed by atoms with E-state index in [-0.39, 0.29) is 11.2 Å². The largest absolute Gasteiger partial charge is 0.229 e. The zero-order valence-corrected chi connectivity index (χ0v) is 10.2. The topological polar surface area (TPSA) is 34.1 Å². The summed E-state index contributed by atoms with van der Waals surface area (Å²) in [6.45, 7) is 4.19. The van der Waals surface area contributed by atoms with Crippen molar-refractivity contribution in [1.82, 2.24) is 0 Å². The minimum absolute atomic E-state index is 0.103. The molecule has 4 heteroatoms. The molecule has 0 saturated heterocycles. The summed E-state index contributed by atoms with van der Waals surface area (Å²) in [5.74, 6) is 0.882. The molecule has 0 heterocycles. The maximum atomic E-state index is 10.9. The molecule has 0 saturated carbocycles. The van der Waals surface area contributed by atoms with E-state index < -0.39 is 9.84 Å². The van der Waals surface area contributed by atoms with E-state index in [1.54, 1.807) is 0 Å². The first-order chi connectivity index (χ1) is 5.83. The smallest absolute Gasteiger partial charge is 0.147 e. The molecule has 0 spiro atoms. The summed E-state index contributed by atoms with van der Waals surface area (Å²) < 4.78 is 21.7. The summed E-state index contributed by atoms with van der Waals surface area (Å²) in [7, 11) is -2.81. The van der Waals surface area contributed by atoms with Crippen molar-refractivity contribution in [2.24, 2.45) is 5.41 Å². The van der Waals surface area contributed by atoms with Gasteiger partial charge in [-0.3, -0.25) is 0 Å². The molecule has 0 rings (SSSR count). The predicted octanol–water partition coefficient (Wildman–Crippen LogP) is 2.47. The van der Waals surface area contributed by atoms with E-state index in [4.69, 9.17) is 11.6 Å². The van der Waals surface area contributed by atoms with Gasteiger partial charge in [0.2, 0.25) is 0 Å². The number of hydrogen-bond donors (Lipinski definition) is 0. The van der Waals surface area contributed by atoms with Crippen molar-refractivity contribution < 1.29 is 8.42 Å². The van der Waals surface area contributed by atoms with E-state index in [9.17, 15) is 8.42 Å². The van der Waals surface area contributed by atoms with Crippen molar-refractivity contribution in [2.75, 3.05) is 17.9 Å². The van der Waals surface area contributed by atoms with Crippen LogP contribution in [-0.4, -0.2) is 26.3 Å². The fraction of sp³-hybridized carbons (Fsp3) is 1.00. The van der Waals surface area contributed by atoms with Crippen LogP contribution in [-0.2, 0) is 9.84 Å². The van der Waals surface area contributed by atoms with Crippen LogP contribution in [0.15, 0.2) is 0 Å². The number of hydrogen-bond acceptors (Lipinski definition) is 2. The van der Waals surface area contributed by atoms with Gasteiger partial charge in [0.15, 0.2) is 0 Å².